The van der Waals surface area contributed by atoms with Crippen LogP contribution in [-0.2, 0) is 18.9 Å². The molecule has 0 bridgehead atoms. The lowest BCUT2D eigenvalue weighted by atomic mass is 10.5. The third kappa shape index (κ3) is 5.31. The molecule has 2 amide bonds. The third-order valence-electron chi connectivity index (χ3n) is 2.23. The molecule has 0 aromatic carbocycles. The van der Waals surface area contributed by atoms with E-state index in [1.807, 2.05) is 0 Å². The molecule has 1 unspecified atom stereocenters. The van der Waals surface area contributed by atoms with E-state index in [1.165, 1.54) is 0 Å². The van der Waals surface area contributed by atoms with E-state index in [2.05, 4.69) is 10.2 Å². The Kier molecular flexibility index (Phi) is 5.37. The molecule has 1 atom stereocenters. The van der Waals surface area contributed by atoms with Crippen LogP contribution in [0.25, 0.3) is 0 Å². The van der Waals surface area contributed by atoms with Crippen LogP contribution < -0.4 is 10.2 Å². The van der Waals surface area contributed by atoms with E-state index >= 15 is 0 Å². The number of nitrogens with one attached hydrogen (secondary N) is 2. The van der Waals surface area contributed by atoms with Crippen LogP contribution in [0.4, 0.5) is 0 Å². The van der Waals surface area contributed by atoms with Gasteiger partial charge in [-0.05, 0) is 0 Å². The van der Waals surface area contributed by atoms with Gasteiger partial charge in [-0.3, -0.25) is 23.8 Å². The summed E-state index contributed by atoms with van der Waals surface area (Å²) in [6, 6.07) is 0. The van der Waals surface area contributed by atoms with E-state index in [4.69, 9.17) is 5.11 Å². The minimum absolute atomic E-state index is 0.0458. The van der Waals surface area contributed by atoms with Crippen molar-refractivity contribution in [3.8, 4) is 0 Å². The molecule has 0 fully saturated rings. The van der Waals surface area contributed by atoms with Gasteiger partial charge in [0, 0.05) is 31.8 Å². The van der Waals surface area contributed by atoms with E-state index in [9.17, 15) is 23.8 Å². The summed E-state index contributed by atoms with van der Waals surface area (Å²) in [5.74, 6) is -2.04. The van der Waals surface area contributed by atoms with Crippen LogP contribution in [-0.4, -0.2) is 52.3 Å². The number of hydrogen-bond donors (Lipinski definition) is 4. The van der Waals surface area contributed by atoms with Gasteiger partial charge in [0.25, 0.3) is 11.8 Å². The van der Waals surface area contributed by atoms with Crippen molar-refractivity contribution in [2.75, 3.05) is 19.6 Å². The van der Waals surface area contributed by atoms with Gasteiger partial charge in [-0.15, -0.1) is 0 Å². The van der Waals surface area contributed by atoms with Crippen molar-refractivity contribution in [1.82, 2.24) is 15.1 Å². The summed E-state index contributed by atoms with van der Waals surface area (Å²) in [6.45, 7) is -0.290. The maximum Gasteiger partial charge on any atom is 0.338 e. The lowest BCUT2D eigenvalue weighted by molar-refractivity contribution is -0.138. The number of hydrogen-bond acceptors (Lipinski definition) is 4. The molecule has 0 aliphatic carbocycles. The number of carboxylic acids is 1. The van der Waals surface area contributed by atoms with Crippen LogP contribution in [0.5, 0.6) is 0 Å². The van der Waals surface area contributed by atoms with Crippen molar-refractivity contribution in [3.63, 3.8) is 0 Å². The van der Waals surface area contributed by atoms with Crippen molar-refractivity contribution < 1.29 is 28.9 Å². The predicted octanol–water partition coefficient (Wildman–Crippen LogP) is -1.33. The minimum Gasteiger partial charge on any atom is -0.481 e. The van der Waals surface area contributed by atoms with Crippen LogP contribution in [0, 0.1) is 0 Å². The normalized spacial score (nSPS) is 17.8. The Morgan fingerprint density at radius 1 is 1.21 bits per heavy atom. The zero-order chi connectivity index (χ0) is 14.5. The summed E-state index contributed by atoms with van der Waals surface area (Å²) < 4.78 is 11.5. The zero-order valence-corrected chi connectivity index (χ0v) is 10.8. The van der Waals surface area contributed by atoms with Crippen molar-refractivity contribution >= 4 is 25.5 Å². The summed E-state index contributed by atoms with van der Waals surface area (Å²) in [5, 5.41) is 12.8. The fraction of sp³-hybridized carbons (Fsp3) is 0.444. The van der Waals surface area contributed by atoms with Crippen LogP contribution in [0.15, 0.2) is 12.2 Å². The summed E-state index contributed by atoms with van der Waals surface area (Å²) in [5.41, 5.74) is 0. The Hall–Kier alpha value is -1.54. The Labute approximate surface area is 108 Å². The standard InChI is InChI=1S/C9H14N3O6P/c13-7-1-2-8(14)12(7)6-5-11-19(17,18)10-4-3-9(15)16/h1-2H,3-6H2,(H,15,16)(H3,10,11,17,18). The molecule has 106 valence electrons. The van der Waals surface area contributed by atoms with Gasteiger partial charge in [0.1, 0.15) is 0 Å². The molecular formula is C9H14N3O6P. The van der Waals surface area contributed by atoms with Gasteiger partial charge in [-0.25, -0.2) is 10.2 Å². The smallest absolute Gasteiger partial charge is 0.338 e. The summed E-state index contributed by atoms with van der Waals surface area (Å²) in [7, 11) is -3.88. The van der Waals surface area contributed by atoms with E-state index in [0.717, 1.165) is 17.1 Å². The second kappa shape index (κ2) is 6.58. The Morgan fingerprint density at radius 2 is 1.74 bits per heavy atom. The fourth-order valence-corrected chi connectivity index (χ4v) is 2.26. The number of carbonyl (C=O) groups is 3. The molecule has 19 heavy (non-hydrogen) atoms. The number of imide groups is 1. The molecule has 0 spiro atoms. The lowest BCUT2D eigenvalue weighted by Crippen LogP contribution is -2.37. The highest BCUT2D eigenvalue weighted by Crippen LogP contribution is 2.28. The van der Waals surface area contributed by atoms with Crippen molar-refractivity contribution in [2.24, 2.45) is 0 Å². The van der Waals surface area contributed by atoms with Gasteiger partial charge in [0.15, 0.2) is 0 Å². The maximum absolute atomic E-state index is 11.5. The highest BCUT2D eigenvalue weighted by molar-refractivity contribution is 7.53. The number of rotatable bonds is 8. The fourth-order valence-electron chi connectivity index (χ4n) is 1.34. The largest absolute Gasteiger partial charge is 0.481 e. The Morgan fingerprint density at radius 3 is 2.26 bits per heavy atom. The van der Waals surface area contributed by atoms with Gasteiger partial charge >= 0.3 is 13.6 Å². The number of nitrogens with zero attached hydrogens (tertiary/aromatic N) is 1. The van der Waals surface area contributed by atoms with E-state index < -0.39 is 25.5 Å². The van der Waals surface area contributed by atoms with Crippen molar-refractivity contribution in [1.29, 1.82) is 0 Å². The molecule has 0 aromatic heterocycles. The van der Waals surface area contributed by atoms with E-state index in [0.29, 0.717) is 0 Å². The van der Waals surface area contributed by atoms with E-state index in [-0.39, 0.29) is 26.1 Å². The number of amides is 2. The Bertz CT molecular complexity index is 445. The first kappa shape index (κ1) is 15.5. The topological polar surface area (TPSA) is 136 Å². The second-order valence-electron chi connectivity index (χ2n) is 3.70. The molecule has 1 aliphatic rings. The average molecular weight is 291 g/mol. The zero-order valence-electron chi connectivity index (χ0n) is 9.90. The highest BCUT2D eigenvalue weighted by atomic mass is 31.2. The highest BCUT2D eigenvalue weighted by Gasteiger charge is 2.24. The maximum atomic E-state index is 11.5. The first-order valence-corrected chi connectivity index (χ1v) is 7.06. The average Bonchev–Trinajstić information content (AvgIpc) is 2.59. The van der Waals surface area contributed by atoms with Gasteiger partial charge < -0.3 is 10.00 Å². The molecule has 10 heteroatoms. The van der Waals surface area contributed by atoms with Crippen LogP contribution in [0.3, 0.4) is 0 Å². The molecule has 0 saturated heterocycles. The van der Waals surface area contributed by atoms with Crippen molar-refractivity contribution in [2.45, 2.75) is 6.42 Å². The van der Waals surface area contributed by atoms with Crippen LogP contribution >= 0.6 is 7.67 Å². The molecule has 0 aromatic rings. The van der Waals surface area contributed by atoms with E-state index in [1.54, 1.807) is 0 Å². The number of aliphatic carboxylic acids is 1. The molecule has 9 nitrogen and oxygen atoms in total. The first-order chi connectivity index (χ1) is 8.82. The quantitative estimate of drug-likeness (QED) is 0.319. The second-order valence-corrected chi connectivity index (χ2v) is 5.48. The van der Waals surface area contributed by atoms with Gasteiger partial charge in [-0.2, -0.15) is 0 Å². The van der Waals surface area contributed by atoms with Crippen LogP contribution in [0.2, 0.25) is 0 Å². The molecule has 4 N–H and O–H groups in total. The molecule has 0 radical (unpaired) electrons. The summed E-state index contributed by atoms with van der Waals surface area (Å²) >= 11 is 0. The third-order valence-corrected chi connectivity index (χ3v) is 3.53. The number of carboxylic acid groups (broad SMARTS) is 1. The SMILES string of the molecule is O=C(O)CCNP(=O)(O)NCCN1C(=O)C=CC1=O. The monoisotopic (exact) mass is 291 g/mol. The Balaban J connectivity index is 2.28. The van der Waals surface area contributed by atoms with Crippen LogP contribution in [0.1, 0.15) is 6.42 Å². The molecule has 0 saturated carbocycles. The molecule has 1 aliphatic heterocycles. The van der Waals surface area contributed by atoms with Gasteiger partial charge in [-0.1, -0.05) is 0 Å². The number of carbonyl (C=O) groups excluding carboxylic acids is 2. The van der Waals surface area contributed by atoms with Gasteiger partial charge in [0.2, 0.25) is 0 Å². The van der Waals surface area contributed by atoms with Gasteiger partial charge in [0.05, 0.1) is 6.42 Å². The molecular weight excluding hydrogens is 277 g/mol. The first-order valence-electron chi connectivity index (χ1n) is 5.40. The minimum atomic E-state index is -3.88. The molecule has 1 heterocycles. The lowest BCUT2D eigenvalue weighted by Gasteiger charge is -2.17. The summed E-state index contributed by atoms with van der Waals surface area (Å²) in [6.07, 6.45) is 1.94. The predicted molar refractivity (Wildman–Crippen MR) is 63.9 cm³/mol. The molecule has 1 rings (SSSR count). The van der Waals surface area contributed by atoms with Crippen molar-refractivity contribution in [3.05, 3.63) is 12.2 Å². The summed E-state index contributed by atoms with van der Waals surface area (Å²) in [4.78, 5) is 42.8.